The lowest BCUT2D eigenvalue weighted by molar-refractivity contribution is -0.116. The molecule has 156 valence electrons. The van der Waals surface area contributed by atoms with Gasteiger partial charge in [-0.05, 0) is 50.6 Å². The molecule has 0 aliphatic rings. The summed E-state index contributed by atoms with van der Waals surface area (Å²) in [6, 6.07) is 17.3. The van der Waals surface area contributed by atoms with Crippen LogP contribution in [0.15, 0.2) is 54.6 Å². The number of hydrogen-bond acceptors (Lipinski definition) is 4. The first-order valence-electron chi connectivity index (χ1n) is 10.1. The molecule has 3 aromatic rings. The van der Waals surface area contributed by atoms with Crippen LogP contribution in [-0.4, -0.2) is 28.2 Å². The molecule has 2 aromatic carbocycles. The zero-order chi connectivity index (χ0) is 21.5. The molecule has 1 heterocycles. The summed E-state index contributed by atoms with van der Waals surface area (Å²) in [6.45, 7) is 6.32. The molecule has 6 nitrogen and oxygen atoms in total. The van der Waals surface area contributed by atoms with E-state index in [1.54, 1.807) is 24.3 Å². The molecule has 3 rings (SSSR count). The van der Waals surface area contributed by atoms with Crippen LogP contribution in [0.3, 0.4) is 0 Å². The monoisotopic (exact) mass is 405 g/mol. The summed E-state index contributed by atoms with van der Waals surface area (Å²) >= 11 is 0. The molecule has 0 aliphatic carbocycles. The van der Waals surface area contributed by atoms with Crippen molar-refractivity contribution < 1.29 is 14.3 Å². The molecule has 0 fully saturated rings. The van der Waals surface area contributed by atoms with E-state index in [1.165, 1.54) is 10.2 Å². The van der Waals surface area contributed by atoms with Crippen LogP contribution in [0.4, 0.5) is 5.69 Å². The third kappa shape index (κ3) is 5.35. The highest BCUT2D eigenvalue weighted by atomic mass is 16.5. The maximum atomic E-state index is 12.7. The summed E-state index contributed by atoms with van der Waals surface area (Å²) in [7, 11) is 0. The van der Waals surface area contributed by atoms with Crippen LogP contribution in [0.5, 0.6) is 5.75 Å². The Morgan fingerprint density at radius 1 is 1.00 bits per heavy atom. The van der Waals surface area contributed by atoms with Crippen molar-refractivity contribution in [1.29, 1.82) is 0 Å². The number of ether oxygens (including phenoxy) is 1. The molecule has 0 aliphatic heterocycles. The first kappa shape index (κ1) is 21.3. The quantitative estimate of drug-likeness (QED) is 0.597. The van der Waals surface area contributed by atoms with Crippen LogP contribution in [0, 0.1) is 13.8 Å². The van der Waals surface area contributed by atoms with E-state index in [0.717, 1.165) is 29.1 Å². The fraction of sp³-hybridized carbons (Fsp3) is 0.292. The predicted octanol–water partition coefficient (Wildman–Crippen LogP) is 4.55. The van der Waals surface area contributed by atoms with Gasteiger partial charge in [0.15, 0.2) is 0 Å². The third-order valence-corrected chi connectivity index (χ3v) is 4.92. The standard InChI is InChI=1S/C24H27N3O3/c1-4-30-21-12-10-20(11-13-21)25-23(28)14-15-24(29)27-18(3)22(17(2)26-27)16-19-8-6-5-7-9-19/h5-13H,4,14-16H2,1-3H3,(H,25,28). The minimum absolute atomic E-state index is 0.0929. The fourth-order valence-electron chi connectivity index (χ4n) is 3.32. The summed E-state index contributed by atoms with van der Waals surface area (Å²) in [5.74, 6) is 0.358. The fourth-order valence-corrected chi connectivity index (χ4v) is 3.32. The van der Waals surface area contributed by atoms with E-state index in [4.69, 9.17) is 4.74 Å². The van der Waals surface area contributed by atoms with Gasteiger partial charge in [-0.25, -0.2) is 4.68 Å². The Balaban J connectivity index is 1.58. The number of hydrogen-bond donors (Lipinski definition) is 1. The topological polar surface area (TPSA) is 73.2 Å². The molecule has 0 bridgehead atoms. The summed E-state index contributed by atoms with van der Waals surface area (Å²) in [5, 5.41) is 7.22. The van der Waals surface area contributed by atoms with Crippen molar-refractivity contribution in [2.75, 3.05) is 11.9 Å². The van der Waals surface area contributed by atoms with Gasteiger partial charge in [0.1, 0.15) is 5.75 Å². The normalized spacial score (nSPS) is 10.6. The smallest absolute Gasteiger partial charge is 0.247 e. The van der Waals surface area contributed by atoms with Crippen LogP contribution >= 0.6 is 0 Å². The number of carbonyl (C=O) groups excluding carboxylic acids is 2. The molecule has 0 spiro atoms. The second-order valence-electron chi connectivity index (χ2n) is 7.12. The number of benzene rings is 2. The van der Waals surface area contributed by atoms with Crippen LogP contribution in [0.1, 0.15) is 47.1 Å². The van der Waals surface area contributed by atoms with E-state index >= 15 is 0 Å². The maximum Gasteiger partial charge on any atom is 0.247 e. The highest BCUT2D eigenvalue weighted by Gasteiger charge is 2.17. The van der Waals surface area contributed by atoms with Gasteiger partial charge in [-0.15, -0.1) is 0 Å². The van der Waals surface area contributed by atoms with Crippen molar-refractivity contribution in [2.24, 2.45) is 0 Å². The molecular weight excluding hydrogens is 378 g/mol. The summed E-state index contributed by atoms with van der Waals surface area (Å²) in [4.78, 5) is 24.9. The van der Waals surface area contributed by atoms with E-state index < -0.39 is 0 Å². The number of nitrogens with zero attached hydrogens (tertiary/aromatic N) is 2. The Hall–Kier alpha value is -3.41. The van der Waals surface area contributed by atoms with E-state index in [-0.39, 0.29) is 24.7 Å². The third-order valence-electron chi connectivity index (χ3n) is 4.92. The van der Waals surface area contributed by atoms with Crippen molar-refractivity contribution >= 4 is 17.5 Å². The second kappa shape index (κ2) is 9.87. The lowest BCUT2D eigenvalue weighted by Crippen LogP contribution is -2.18. The molecule has 0 atom stereocenters. The van der Waals surface area contributed by atoms with E-state index in [1.807, 2.05) is 39.0 Å². The lowest BCUT2D eigenvalue weighted by atomic mass is 10.0. The van der Waals surface area contributed by atoms with Gasteiger partial charge in [-0.3, -0.25) is 9.59 Å². The largest absolute Gasteiger partial charge is 0.494 e. The first-order valence-corrected chi connectivity index (χ1v) is 10.1. The summed E-state index contributed by atoms with van der Waals surface area (Å²) < 4.78 is 6.82. The van der Waals surface area contributed by atoms with Gasteiger partial charge in [0.05, 0.1) is 12.3 Å². The molecule has 0 radical (unpaired) electrons. The van der Waals surface area contributed by atoms with Gasteiger partial charge in [0.2, 0.25) is 11.8 Å². The molecule has 6 heteroatoms. The zero-order valence-corrected chi connectivity index (χ0v) is 17.6. The minimum Gasteiger partial charge on any atom is -0.494 e. The van der Waals surface area contributed by atoms with Gasteiger partial charge < -0.3 is 10.1 Å². The van der Waals surface area contributed by atoms with Gasteiger partial charge in [0, 0.05) is 36.2 Å². The SMILES string of the molecule is CCOc1ccc(NC(=O)CCC(=O)n2nc(C)c(Cc3ccccc3)c2C)cc1. The number of aryl methyl sites for hydroxylation is 1. The van der Waals surface area contributed by atoms with Crippen molar-refractivity contribution in [3.8, 4) is 5.75 Å². The number of carbonyl (C=O) groups is 2. The first-order chi connectivity index (χ1) is 14.5. The Morgan fingerprint density at radius 2 is 1.70 bits per heavy atom. The summed E-state index contributed by atoms with van der Waals surface area (Å²) in [5.41, 5.74) is 4.56. The zero-order valence-electron chi connectivity index (χ0n) is 17.6. The maximum absolute atomic E-state index is 12.7. The molecular formula is C24H27N3O3. The molecule has 1 N–H and O–H groups in total. The average Bonchev–Trinajstić information content (AvgIpc) is 3.03. The Bertz CT molecular complexity index is 1010. The Kier molecular flexibility index (Phi) is 7.01. The van der Waals surface area contributed by atoms with Gasteiger partial charge >= 0.3 is 0 Å². The molecule has 30 heavy (non-hydrogen) atoms. The Morgan fingerprint density at radius 3 is 2.37 bits per heavy atom. The summed E-state index contributed by atoms with van der Waals surface area (Å²) in [6.07, 6.45) is 0.915. The van der Waals surface area contributed by atoms with Gasteiger partial charge in [0.25, 0.3) is 0 Å². The number of aromatic nitrogens is 2. The second-order valence-corrected chi connectivity index (χ2v) is 7.12. The number of anilines is 1. The van der Waals surface area contributed by atoms with Crippen LogP contribution in [0.25, 0.3) is 0 Å². The molecule has 1 amide bonds. The van der Waals surface area contributed by atoms with Gasteiger partial charge in [-0.1, -0.05) is 30.3 Å². The van der Waals surface area contributed by atoms with Crippen molar-refractivity contribution in [3.05, 3.63) is 77.1 Å². The highest BCUT2D eigenvalue weighted by molar-refractivity contribution is 5.93. The predicted molar refractivity (Wildman–Crippen MR) is 117 cm³/mol. The minimum atomic E-state index is -0.210. The van der Waals surface area contributed by atoms with Crippen molar-refractivity contribution in [3.63, 3.8) is 0 Å². The van der Waals surface area contributed by atoms with Crippen molar-refractivity contribution in [1.82, 2.24) is 9.78 Å². The van der Waals surface area contributed by atoms with Crippen LogP contribution in [0.2, 0.25) is 0 Å². The molecule has 0 unspecified atom stereocenters. The number of amides is 1. The van der Waals surface area contributed by atoms with E-state index in [9.17, 15) is 9.59 Å². The Labute approximate surface area is 176 Å². The number of nitrogens with one attached hydrogen (secondary N) is 1. The van der Waals surface area contributed by atoms with E-state index in [2.05, 4.69) is 22.5 Å². The van der Waals surface area contributed by atoms with Gasteiger partial charge in [-0.2, -0.15) is 5.10 Å². The highest BCUT2D eigenvalue weighted by Crippen LogP contribution is 2.19. The van der Waals surface area contributed by atoms with E-state index in [0.29, 0.717) is 12.3 Å². The molecule has 0 saturated carbocycles. The van der Waals surface area contributed by atoms with Crippen LogP contribution < -0.4 is 10.1 Å². The average molecular weight is 405 g/mol. The lowest BCUT2D eigenvalue weighted by Gasteiger charge is -2.08. The molecule has 1 aromatic heterocycles. The molecule has 0 saturated heterocycles. The van der Waals surface area contributed by atoms with Crippen LogP contribution in [-0.2, 0) is 11.2 Å². The van der Waals surface area contributed by atoms with Crippen molar-refractivity contribution in [2.45, 2.75) is 40.0 Å². The number of rotatable bonds is 8.